The van der Waals surface area contributed by atoms with Crippen molar-refractivity contribution in [1.82, 2.24) is 50.2 Å². The van der Waals surface area contributed by atoms with E-state index in [0.29, 0.717) is 67.1 Å². The fraction of sp³-hybridized carbons (Fsp3) is 0.606. The van der Waals surface area contributed by atoms with Gasteiger partial charge in [0.1, 0.15) is 23.1 Å². The highest BCUT2D eigenvalue weighted by Gasteiger charge is 2.60. The molecule has 112 heavy (non-hydrogen) atoms. The summed E-state index contributed by atoms with van der Waals surface area (Å²) in [5.41, 5.74) is 12.9. The molecule has 4 amide bonds. The van der Waals surface area contributed by atoms with E-state index in [4.69, 9.17) is 20.0 Å². The molecule has 6 fully saturated rings. The van der Waals surface area contributed by atoms with E-state index in [1.807, 2.05) is 82.3 Å². The topological polar surface area (TPSA) is 170 Å². The maximum Gasteiger partial charge on any atom is 0.410 e. The number of hydrogen-bond donors (Lipinski definition) is 3. The summed E-state index contributed by atoms with van der Waals surface area (Å²) >= 11 is 0. The summed E-state index contributed by atoms with van der Waals surface area (Å²) < 4.78 is 54.3. The molecule has 15 nitrogen and oxygen atoms in total. The summed E-state index contributed by atoms with van der Waals surface area (Å²) in [4.78, 5) is 55.6. The van der Waals surface area contributed by atoms with Crippen LogP contribution in [0.2, 0.25) is 0 Å². The van der Waals surface area contributed by atoms with Gasteiger partial charge in [-0.2, -0.15) is 15.3 Å². The highest BCUT2D eigenvalue weighted by atomic mass is 19.1. The highest BCUT2D eigenvalue weighted by Crippen LogP contribution is 2.62. The van der Waals surface area contributed by atoms with Crippen LogP contribution in [0.3, 0.4) is 0 Å². The maximum absolute atomic E-state index is 14.1. The Morgan fingerprint density at radius 3 is 1.26 bits per heavy atom. The third-order valence-electron chi connectivity index (χ3n) is 27.2. The van der Waals surface area contributed by atoms with E-state index < -0.39 is 5.60 Å². The number of carbonyl (C=O) groups excluding carboxylic acids is 4. The fourth-order valence-corrected chi connectivity index (χ4v) is 21.5. The lowest BCUT2D eigenvalue weighted by atomic mass is 9.68. The average Bonchev–Trinajstić information content (AvgIpc) is 1.57. The number of rotatable bonds is 16. The van der Waals surface area contributed by atoms with Crippen LogP contribution in [0.1, 0.15) is 364 Å². The Balaban J connectivity index is 0.000000140. The van der Waals surface area contributed by atoms with Gasteiger partial charge in [0.2, 0.25) is 0 Å². The minimum atomic E-state index is -0.524. The van der Waals surface area contributed by atoms with Gasteiger partial charge in [-0.1, -0.05) is 165 Å². The van der Waals surface area contributed by atoms with Gasteiger partial charge in [0.25, 0.3) is 17.7 Å². The first-order valence-corrected chi connectivity index (χ1v) is 43.6. The molecule has 5 unspecified atom stereocenters. The lowest BCUT2D eigenvalue weighted by molar-refractivity contribution is 0.0199. The molecule has 18 heteroatoms. The second-order valence-corrected chi connectivity index (χ2v) is 36.8. The zero-order valence-electron chi connectivity index (χ0n) is 68.1. The Hall–Kier alpha value is -8.02. The number of halogens is 3. The predicted octanol–water partition coefficient (Wildman–Crippen LogP) is 21.3. The van der Waals surface area contributed by atoms with Crippen LogP contribution in [0, 0.1) is 34.2 Å². The molecule has 5 saturated carbocycles. The zero-order chi connectivity index (χ0) is 78.3. The van der Waals surface area contributed by atoms with Crippen LogP contribution in [0.5, 0.6) is 0 Å². The molecule has 7 aromatic rings. The smallest absolute Gasteiger partial charge is 0.410 e. The van der Waals surface area contributed by atoms with Gasteiger partial charge < -0.3 is 25.6 Å². The molecule has 0 radical (unpaired) electrons. The number of nitrogens with one attached hydrogen (secondary N) is 3. The van der Waals surface area contributed by atoms with Crippen molar-refractivity contribution in [2.75, 3.05) is 13.1 Å². The largest absolute Gasteiger partial charge is 0.444 e. The Bertz CT molecular complexity index is 4370. The summed E-state index contributed by atoms with van der Waals surface area (Å²) in [6.45, 7) is 15.8. The number of ether oxygens (including phenoxy) is 1. The number of likely N-dealkylation sites (tertiary alicyclic amines) is 1. The van der Waals surface area contributed by atoms with E-state index in [9.17, 15) is 32.3 Å². The first-order valence-electron chi connectivity index (χ1n) is 43.6. The van der Waals surface area contributed by atoms with Crippen LogP contribution < -0.4 is 16.0 Å². The summed E-state index contributed by atoms with van der Waals surface area (Å²) in [6.07, 6.45) is 37.1. The van der Waals surface area contributed by atoms with Crippen LogP contribution in [0.25, 0.3) is 0 Å². The van der Waals surface area contributed by atoms with Crippen LogP contribution in [0.15, 0.2) is 103 Å². The molecule has 9 aliphatic rings. The Kier molecular flexibility index (Phi) is 25.8. The molecular formula is C94H125F3N10O5. The summed E-state index contributed by atoms with van der Waals surface area (Å²) in [6, 6.07) is 32.2. The van der Waals surface area contributed by atoms with Crippen LogP contribution >= 0.6 is 0 Å². The van der Waals surface area contributed by atoms with E-state index >= 15 is 0 Å². The molecule has 8 aliphatic carbocycles. The maximum atomic E-state index is 14.1. The first kappa shape index (κ1) is 80.6. The van der Waals surface area contributed by atoms with Gasteiger partial charge in [0.05, 0.1) is 24.2 Å². The van der Waals surface area contributed by atoms with E-state index in [1.165, 1.54) is 118 Å². The van der Waals surface area contributed by atoms with Gasteiger partial charge in [-0.3, -0.25) is 28.4 Å². The number of piperidine rings is 1. The van der Waals surface area contributed by atoms with Gasteiger partial charge >= 0.3 is 6.09 Å². The van der Waals surface area contributed by atoms with Crippen molar-refractivity contribution < 1.29 is 37.1 Å². The number of nitrogens with zero attached hydrogens (tertiary/aromatic N) is 7. The summed E-state index contributed by atoms with van der Waals surface area (Å²) in [7, 11) is 0. The van der Waals surface area contributed by atoms with Crippen molar-refractivity contribution in [2.24, 2.45) is 16.7 Å². The van der Waals surface area contributed by atoms with Crippen molar-refractivity contribution >= 4 is 23.8 Å². The average molecular weight is 1530 g/mol. The van der Waals surface area contributed by atoms with Gasteiger partial charge in [0.15, 0.2) is 17.1 Å². The second-order valence-electron chi connectivity index (χ2n) is 36.8. The number of benzene rings is 4. The van der Waals surface area contributed by atoms with Gasteiger partial charge in [-0.05, 0) is 251 Å². The van der Waals surface area contributed by atoms with Crippen molar-refractivity contribution in [3.8, 4) is 0 Å². The van der Waals surface area contributed by atoms with Crippen LogP contribution in [-0.2, 0) is 43.3 Å². The molecule has 4 heterocycles. The second kappa shape index (κ2) is 35.8. The summed E-state index contributed by atoms with van der Waals surface area (Å²) in [5.74, 6) is 0.702. The van der Waals surface area contributed by atoms with E-state index in [-0.39, 0.29) is 88.0 Å². The normalized spacial score (nSPS) is 23.9. The Morgan fingerprint density at radius 1 is 0.482 bits per heavy atom. The molecule has 3 aromatic heterocycles. The number of fused-ring (bicyclic) bond motifs is 5. The Labute approximate surface area is 663 Å². The molecule has 1 saturated heterocycles. The molecule has 7 atom stereocenters. The Morgan fingerprint density at radius 2 is 0.875 bits per heavy atom. The molecule has 3 N–H and O–H groups in total. The summed E-state index contributed by atoms with van der Waals surface area (Å²) in [5, 5.41) is 25.3. The lowest BCUT2D eigenvalue weighted by Gasteiger charge is -2.43. The number of carbonyl (C=O) groups is 4. The minimum absolute atomic E-state index is 0.00413. The fourth-order valence-electron chi connectivity index (χ4n) is 21.5. The van der Waals surface area contributed by atoms with Crippen molar-refractivity contribution in [3.63, 3.8) is 0 Å². The third-order valence-corrected chi connectivity index (χ3v) is 27.2. The van der Waals surface area contributed by atoms with E-state index in [2.05, 4.69) is 50.8 Å². The quantitative estimate of drug-likeness (QED) is 0.0803. The molecule has 4 aromatic carbocycles. The molecule has 602 valence electrons. The molecular weight excluding hydrogens is 1410 g/mol. The van der Waals surface area contributed by atoms with E-state index in [0.717, 1.165) is 168 Å². The highest BCUT2D eigenvalue weighted by molar-refractivity contribution is 5.96. The third kappa shape index (κ3) is 18.8. The molecule has 2 bridgehead atoms. The number of aromatic nitrogens is 6. The van der Waals surface area contributed by atoms with Crippen molar-refractivity contribution in [1.29, 1.82) is 0 Å². The minimum Gasteiger partial charge on any atom is -0.444 e. The first-order chi connectivity index (χ1) is 54.0. The standard InChI is InChI=1S/C32H45FN4O3.C32H44FN3O.C30H36FN3O/c1-32(2,3)40-31(39)36-18-16-25(17-19-36)34-30(38)28-27-15-8-7-11-23(20-22-10-9-12-24(33)21-22)29(27)37(35-28)26-13-5-4-6-14-26;1-31(2)23-16-17-32(3,20-23)30(31)34-29(37)27-26-15-8-7-11-22(18-21-10-9-12-24(33)19-21)28(26)36(35-27)25-13-5-4-6-14-25;1-21(23-12-4-2-5-13-23)32-30(35)28-27-18-9-8-14-24(19-22-11-10-15-25(31)20-22)29(27)34(33-28)26-16-6-3-7-17-26/h9-10,12,21,23,25-26H,4-8,11,13-20H2,1-3H3,(H,34,38);9-10,12,19,22-23,25,30H,4-8,11,13-18,20H2,1-3H3,(H,34,37);2,4-5,10-13,15,20-21,24,26H,3,6-9,14,16-19H2,1H3,(H,32,35)/t;22?,23?,30-,32?;21-,24?/m.10/s1. The van der Waals surface area contributed by atoms with Gasteiger partial charge in [0, 0.05) is 76.7 Å². The van der Waals surface area contributed by atoms with Gasteiger partial charge in [-0.25, -0.2) is 18.0 Å². The van der Waals surface area contributed by atoms with Crippen LogP contribution in [0.4, 0.5) is 18.0 Å². The number of hydrogen-bond acceptors (Lipinski definition) is 8. The van der Waals surface area contributed by atoms with Crippen molar-refractivity contribution in [3.05, 3.63) is 194 Å². The SMILES string of the molecule is CC(C)(C)OC(=O)N1CCC(NC(=O)c2nn(C3CCCCC3)c3c2CCCCC3Cc2cccc(F)c2)CC1.CC12CCC(C1)C(C)(C)[C@H]2NC(=O)c1nn(C2CCCCC2)c2c1CCCCC2Cc1cccc(F)c1.C[C@H](NC(=O)c1nn(C2CCCCC2)c2c1CCCCC2Cc1cccc(F)c1)c1ccccc1. The van der Waals surface area contributed by atoms with Crippen molar-refractivity contribution in [2.45, 2.75) is 333 Å². The molecule has 16 rings (SSSR count). The molecule has 1 aliphatic heterocycles. The van der Waals surface area contributed by atoms with Gasteiger partial charge in [-0.15, -0.1) is 0 Å². The zero-order valence-corrected chi connectivity index (χ0v) is 68.1. The monoisotopic (exact) mass is 1530 g/mol. The molecule has 0 spiro atoms. The van der Waals surface area contributed by atoms with Crippen LogP contribution in [-0.4, -0.2) is 88.8 Å². The predicted molar refractivity (Wildman–Crippen MR) is 435 cm³/mol. The lowest BCUT2D eigenvalue weighted by Crippen LogP contribution is -2.52. The number of amides is 4. The van der Waals surface area contributed by atoms with E-state index in [1.54, 1.807) is 35.2 Å².